The van der Waals surface area contributed by atoms with Crippen molar-refractivity contribution in [3.63, 3.8) is 0 Å². The van der Waals surface area contributed by atoms with Gasteiger partial charge in [-0.1, -0.05) is 35.0 Å². The predicted octanol–water partition coefficient (Wildman–Crippen LogP) is 4.14. The summed E-state index contributed by atoms with van der Waals surface area (Å²) >= 11 is 6.04. The maximum Gasteiger partial charge on any atom is 0.276 e. The molecular formula is C19H18ClN3O3. The highest BCUT2D eigenvalue weighted by Gasteiger charge is 2.23. The van der Waals surface area contributed by atoms with Crippen LogP contribution in [0.2, 0.25) is 5.02 Å². The van der Waals surface area contributed by atoms with Crippen molar-refractivity contribution in [2.45, 2.75) is 19.6 Å². The number of hydrogen-bond acceptors (Lipinski definition) is 5. The number of carbonyl (C=O) groups excluding carboxylic acids is 1. The van der Waals surface area contributed by atoms with Crippen molar-refractivity contribution in [3.8, 4) is 5.75 Å². The van der Waals surface area contributed by atoms with Gasteiger partial charge in [0.25, 0.3) is 5.91 Å². The van der Waals surface area contributed by atoms with E-state index < -0.39 is 0 Å². The quantitative estimate of drug-likeness (QED) is 0.651. The molecule has 0 N–H and O–H groups in total. The van der Waals surface area contributed by atoms with Crippen molar-refractivity contribution in [1.29, 1.82) is 0 Å². The van der Waals surface area contributed by atoms with E-state index in [2.05, 4.69) is 10.1 Å². The lowest BCUT2D eigenvalue weighted by atomic mass is 10.2. The Morgan fingerprint density at radius 3 is 2.77 bits per heavy atom. The molecular weight excluding hydrogens is 354 g/mol. The Labute approximate surface area is 156 Å². The molecule has 26 heavy (non-hydrogen) atoms. The molecule has 1 unspecified atom stereocenters. The third-order valence-electron chi connectivity index (χ3n) is 4.00. The SMILES string of the molecule is CC(c1ccccn1)N(C)C(=O)c1cc(COc2ccccc2Cl)on1. The average Bonchev–Trinajstić information content (AvgIpc) is 3.15. The molecule has 0 fully saturated rings. The maximum atomic E-state index is 12.6. The summed E-state index contributed by atoms with van der Waals surface area (Å²) < 4.78 is 10.8. The third kappa shape index (κ3) is 4.03. The van der Waals surface area contributed by atoms with E-state index in [0.717, 1.165) is 5.69 Å². The summed E-state index contributed by atoms with van der Waals surface area (Å²) in [6.07, 6.45) is 1.70. The van der Waals surface area contributed by atoms with Crippen molar-refractivity contribution < 1.29 is 14.1 Å². The Bertz CT molecular complexity index is 883. The van der Waals surface area contributed by atoms with Crippen molar-refractivity contribution in [3.05, 3.63) is 76.9 Å². The molecule has 0 radical (unpaired) electrons. The molecule has 0 spiro atoms. The Hall–Kier alpha value is -2.86. The van der Waals surface area contributed by atoms with Crippen molar-refractivity contribution in [2.75, 3.05) is 7.05 Å². The van der Waals surface area contributed by atoms with Gasteiger partial charge in [0.15, 0.2) is 11.5 Å². The molecule has 0 aliphatic carbocycles. The lowest BCUT2D eigenvalue weighted by Gasteiger charge is -2.23. The van der Waals surface area contributed by atoms with Gasteiger partial charge in [-0.25, -0.2) is 0 Å². The summed E-state index contributed by atoms with van der Waals surface area (Å²) in [5, 5.41) is 4.36. The van der Waals surface area contributed by atoms with Crippen LogP contribution in [0.5, 0.6) is 5.75 Å². The zero-order chi connectivity index (χ0) is 18.5. The molecule has 7 heteroatoms. The second kappa shape index (κ2) is 8.01. The van der Waals surface area contributed by atoms with Crippen LogP contribution >= 0.6 is 11.6 Å². The first kappa shape index (κ1) is 17.9. The van der Waals surface area contributed by atoms with Crippen LogP contribution in [0.25, 0.3) is 0 Å². The summed E-state index contributed by atoms with van der Waals surface area (Å²) in [6, 6.07) is 14.1. The Morgan fingerprint density at radius 2 is 2.04 bits per heavy atom. The van der Waals surface area contributed by atoms with Crippen LogP contribution in [0.1, 0.15) is 34.9 Å². The van der Waals surface area contributed by atoms with E-state index in [9.17, 15) is 4.79 Å². The molecule has 1 aromatic carbocycles. The summed E-state index contributed by atoms with van der Waals surface area (Å²) in [5.41, 5.74) is 1.02. The minimum absolute atomic E-state index is 0.128. The van der Waals surface area contributed by atoms with Crippen LogP contribution in [0.3, 0.4) is 0 Å². The van der Waals surface area contributed by atoms with Gasteiger partial charge in [0.1, 0.15) is 12.4 Å². The number of benzene rings is 1. The van der Waals surface area contributed by atoms with Gasteiger partial charge in [-0.2, -0.15) is 0 Å². The van der Waals surface area contributed by atoms with Gasteiger partial charge in [-0.05, 0) is 31.2 Å². The van der Waals surface area contributed by atoms with Crippen LogP contribution in [0.4, 0.5) is 0 Å². The second-order valence-electron chi connectivity index (χ2n) is 5.74. The molecule has 0 saturated heterocycles. The normalized spacial score (nSPS) is 11.8. The Morgan fingerprint density at radius 1 is 1.27 bits per heavy atom. The fraction of sp³-hybridized carbons (Fsp3) is 0.211. The smallest absolute Gasteiger partial charge is 0.276 e. The molecule has 134 valence electrons. The number of para-hydroxylation sites is 1. The van der Waals surface area contributed by atoms with Gasteiger partial charge >= 0.3 is 0 Å². The standard InChI is InChI=1S/C19H18ClN3O3/c1-13(16-8-5-6-10-21-16)23(2)19(24)17-11-14(26-22-17)12-25-18-9-4-3-7-15(18)20/h3-11,13H,12H2,1-2H3. The number of ether oxygens (including phenoxy) is 1. The molecule has 2 heterocycles. The van der Waals surface area contributed by atoms with Gasteiger partial charge in [-0.3, -0.25) is 9.78 Å². The van der Waals surface area contributed by atoms with Crippen LogP contribution in [-0.2, 0) is 6.61 Å². The summed E-state index contributed by atoms with van der Waals surface area (Å²) in [6.45, 7) is 2.03. The molecule has 0 saturated carbocycles. The zero-order valence-corrected chi connectivity index (χ0v) is 15.2. The number of pyridine rings is 1. The van der Waals surface area contributed by atoms with Gasteiger partial charge in [0, 0.05) is 19.3 Å². The van der Waals surface area contributed by atoms with Crippen molar-refractivity contribution in [2.24, 2.45) is 0 Å². The number of carbonyl (C=O) groups is 1. The molecule has 3 rings (SSSR count). The fourth-order valence-electron chi connectivity index (χ4n) is 2.37. The number of rotatable bonds is 6. The maximum absolute atomic E-state index is 12.6. The van der Waals surface area contributed by atoms with E-state index in [1.54, 1.807) is 36.3 Å². The number of halogens is 1. The minimum Gasteiger partial charge on any atom is -0.484 e. The molecule has 0 aliphatic heterocycles. The number of hydrogen-bond donors (Lipinski definition) is 0. The fourth-order valence-corrected chi connectivity index (χ4v) is 2.56. The average molecular weight is 372 g/mol. The minimum atomic E-state index is -0.254. The van der Waals surface area contributed by atoms with E-state index in [1.807, 2.05) is 37.3 Å². The van der Waals surface area contributed by atoms with E-state index in [1.165, 1.54) is 0 Å². The van der Waals surface area contributed by atoms with Crippen molar-refractivity contribution >= 4 is 17.5 Å². The summed E-state index contributed by atoms with van der Waals surface area (Å²) in [4.78, 5) is 18.5. The third-order valence-corrected chi connectivity index (χ3v) is 4.31. The van der Waals surface area contributed by atoms with Gasteiger partial charge in [0.05, 0.1) is 16.8 Å². The first-order valence-corrected chi connectivity index (χ1v) is 8.45. The van der Waals surface area contributed by atoms with Crippen LogP contribution in [0.15, 0.2) is 59.3 Å². The van der Waals surface area contributed by atoms with E-state index in [4.69, 9.17) is 20.9 Å². The van der Waals surface area contributed by atoms with Gasteiger partial charge in [0.2, 0.25) is 0 Å². The Balaban J connectivity index is 1.65. The lowest BCUT2D eigenvalue weighted by molar-refractivity contribution is 0.0729. The van der Waals surface area contributed by atoms with Crippen LogP contribution < -0.4 is 4.74 Å². The molecule has 1 amide bonds. The van der Waals surface area contributed by atoms with E-state index in [-0.39, 0.29) is 24.2 Å². The molecule has 0 bridgehead atoms. The first-order valence-electron chi connectivity index (χ1n) is 8.07. The molecule has 1 atom stereocenters. The molecule has 3 aromatic rings. The topological polar surface area (TPSA) is 68.5 Å². The van der Waals surface area contributed by atoms with Crippen LogP contribution in [-0.4, -0.2) is 28.0 Å². The second-order valence-corrected chi connectivity index (χ2v) is 6.15. The van der Waals surface area contributed by atoms with E-state index >= 15 is 0 Å². The van der Waals surface area contributed by atoms with Gasteiger partial charge in [-0.15, -0.1) is 0 Å². The highest BCUT2D eigenvalue weighted by molar-refractivity contribution is 6.32. The largest absolute Gasteiger partial charge is 0.484 e. The van der Waals surface area contributed by atoms with Crippen LogP contribution in [0, 0.1) is 0 Å². The highest BCUT2D eigenvalue weighted by Crippen LogP contribution is 2.24. The predicted molar refractivity (Wildman–Crippen MR) is 97.0 cm³/mol. The van der Waals surface area contributed by atoms with E-state index in [0.29, 0.717) is 16.5 Å². The lowest BCUT2D eigenvalue weighted by Crippen LogP contribution is -2.30. The molecule has 0 aliphatic rings. The monoisotopic (exact) mass is 371 g/mol. The Kier molecular flexibility index (Phi) is 5.53. The number of amides is 1. The molecule has 2 aromatic heterocycles. The molecule has 6 nitrogen and oxygen atoms in total. The summed E-state index contributed by atoms with van der Waals surface area (Å²) in [7, 11) is 1.70. The van der Waals surface area contributed by atoms with Gasteiger partial charge < -0.3 is 14.2 Å². The highest BCUT2D eigenvalue weighted by atomic mass is 35.5. The number of aromatic nitrogens is 2. The zero-order valence-electron chi connectivity index (χ0n) is 14.4. The number of nitrogens with zero attached hydrogens (tertiary/aromatic N) is 3. The first-order chi connectivity index (χ1) is 12.6. The summed E-state index contributed by atoms with van der Waals surface area (Å²) in [5.74, 6) is 0.724. The van der Waals surface area contributed by atoms with Crippen molar-refractivity contribution in [1.82, 2.24) is 15.0 Å².